The quantitative estimate of drug-likeness (QED) is 0.549. The first kappa shape index (κ1) is 20.3. The summed E-state index contributed by atoms with van der Waals surface area (Å²) in [5, 5.41) is 0. The third kappa shape index (κ3) is 4.53. The fraction of sp³-hybridized carbons (Fsp3) is 0.222. The number of carbonyl (C=O) groups is 1. The molecule has 0 bridgehead atoms. The topological polar surface area (TPSA) is 68.5 Å². The van der Waals surface area contributed by atoms with Crippen molar-refractivity contribution in [1.82, 2.24) is 4.57 Å². The van der Waals surface area contributed by atoms with E-state index in [1.54, 1.807) is 48.2 Å². The summed E-state index contributed by atoms with van der Waals surface area (Å²) in [7, 11) is -3.30. The van der Waals surface area contributed by atoms with Crippen LogP contribution in [0, 0.1) is 0 Å². The minimum absolute atomic E-state index is 0.261. The lowest BCUT2D eigenvalue weighted by molar-refractivity contribution is 0.0997. The Hall–Kier alpha value is -1.42. The normalized spacial score (nSPS) is 12.6. The lowest BCUT2D eigenvalue weighted by atomic mass is 10.2. The Morgan fingerprint density at radius 3 is 2.67 bits per heavy atom. The van der Waals surface area contributed by atoms with Crippen LogP contribution in [0.25, 0.3) is 10.2 Å². The molecular weight excluding hydrogens is 468 g/mol. The number of amides is 1. The summed E-state index contributed by atoms with van der Waals surface area (Å²) in [5.74, 6) is 0.519. The summed E-state index contributed by atoms with van der Waals surface area (Å²) in [5.41, 5.74) is 1.36. The highest BCUT2D eigenvalue weighted by molar-refractivity contribution is 9.10. The van der Waals surface area contributed by atoms with Crippen LogP contribution in [0.4, 0.5) is 0 Å². The number of carbonyl (C=O) groups excluding carboxylic acids is 1. The van der Waals surface area contributed by atoms with E-state index in [2.05, 4.69) is 20.9 Å². The number of sulfone groups is 1. The monoisotopic (exact) mass is 484 g/mol. The summed E-state index contributed by atoms with van der Waals surface area (Å²) in [6, 6.07) is 12.2. The Morgan fingerprint density at radius 2 is 2.00 bits per heavy atom. The molecule has 3 aromatic rings. The van der Waals surface area contributed by atoms with E-state index in [1.165, 1.54) is 17.6 Å². The summed E-state index contributed by atoms with van der Waals surface area (Å²) < 4.78 is 27.2. The van der Waals surface area contributed by atoms with E-state index < -0.39 is 9.84 Å². The van der Waals surface area contributed by atoms with Gasteiger partial charge in [0.1, 0.15) is 0 Å². The first-order chi connectivity index (χ1) is 12.8. The van der Waals surface area contributed by atoms with Gasteiger partial charge in [-0.2, -0.15) is 16.8 Å². The molecule has 142 valence electrons. The molecule has 0 aliphatic rings. The minimum atomic E-state index is -3.30. The van der Waals surface area contributed by atoms with Crippen molar-refractivity contribution in [3.63, 3.8) is 0 Å². The van der Waals surface area contributed by atoms with Crippen molar-refractivity contribution in [3.8, 4) is 0 Å². The van der Waals surface area contributed by atoms with Gasteiger partial charge in [-0.15, -0.1) is 0 Å². The molecule has 27 heavy (non-hydrogen) atoms. The standard InChI is InChI=1S/C18H17BrN2O3S3/c1-25-10-9-21-15-8-7-12(27(2,23)24)11-16(15)26-18(21)20-17(22)13-5-3-4-6-14(13)19/h3-8,11H,9-10H2,1-2H3. The number of hydrogen-bond donors (Lipinski definition) is 0. The van der Waals surface area contributed by atoms with Crippen LogP contribution in [-0.2, 0) is 16.4 Å². The van der Waals surface area contributed by atoms with Crippen molar-refractivity contribution in [2.75, 3.05) is 18.3 Å². The molecule has 2 aromatic carbocycles. The van der Waals surface area contributed by atoms with Gasteiger partial charge in [0.05, 0.1) is 20.7 Å². The molecule has 5 nitrogen and oxygen atoms in total. The van der Waals surface area contributed by atoms with Crippen LogP contribution in [0.1, 0.15) is 10.4 Å². The average Bonchev–Trinajstić information content (AvgIpc) is 2.95. The van der Waals surface area contributed by atoms with E-state index in [-0.39, 0.29) is 10.8 Å². The Bertz CT molecular complexity index is 1180. The van der Waals surface area contributed by atoms with Crippen molar-refractivity contribution < 1.29 is 13.2 Å². The van der Waals surface area contributed by atoms with Gasteiger partial charge in [0, 0.05) is 23.0 Å². The molecule has 3 rings (SSSR count). The molecule has 0 atom stereocenters. The van der Waals surface area contributed by atoms with Gasteiger partial charge >= 0.3 is 0 Å². The zero-order chi connectivity index (χ0) is 19.6. The number of aryl methyl sites for hydroxylation is 1. The molecule has 1 heterocycles. The van der Waals surface area contributed by atoms with E-state index in [1.807, 2.05) is 16.9 Å². The molecule has 0 saturated heterocycles. The van der Waals surface area contributed by atoms with Crippen LogP contribution in [-0.4, -0.2) is 37.2 Å². The molecule has 0 aliphatic carbocycles. The summed E-state index contributed by atoms with van der Waals surface area (Å²) in [6.07, 6.45) is 3.20. The number of hydrogen-bond acceptors (Lipinski definition) is 5. The summed E-state index contributed by atoms with van der Waals surface area (Å²) in [4.78, 5) is 17.8. The number of benzene rings is 2. The van der Waals surface area contributed by atoms with Crippen LogP contribution < -0.4 is 4.80 Å². The second kappa shape index (κ2) is 8.30. The molecule has 0 saturated carbocycles. The van der Waals surface area contributed by atoms with Gasteiger partial charge in [-0.1, -0.05) is 23.5 Å². The van der Waals surface area contributed by atoms with Gasteiger partial charge in [-0.25, -0.2) is 8.42 Å². The fourth-order valence-electron chi connectivity index (χ4n) is 2.55. The second-order valence-electron chi connectivity index (χ2n) is 5.83. The van der Waals surface area contributed by atoms with Gasteiger partial charge in [0.15, 0.2) is 14.6 Å². The van der Waals surface area contributed by atoms with Crippen LogP contribution in [0.5, 0.6) is 0 Å². The summed E-state index contributed by atoms with van der Waals surface area (Å²) >= 11 is 6.40. The number of thiazole rings is 1. The maximum atomic E-state index is 12.7. The van der Waals surface area contributed by atoms with Crippen molar-refractivity contribution in [1.29, 1.82) is 0 Å². The predicted octanol–water partition coefficient (Wildman–Crippen LogP) is 3.97. The lowest BCUT2D eigenvalue weighted by Crippen LogP contribution is -2.18. The second-order valence-corrected chi connectivity index (χ2v) is 10.7. The largest absolute Gasteiger partial charge is 0.316 e. The Labute approximate surface area is 174 Å². The van der Waals surface area contributed by atoms with Gasteiger partial charge in [-0.3, -0.25) is 4.79 Å². The maximum absolute atomic E-state index is 12.7. The van der Waals surface area contributed by atoms with Crippen molar-refractivity contribution >= 4 is 65.0 Å². The van der Waals surface area contributed by atoms with Crippen LogP contribution >= 0.6 is 39.0 Å². The molecule has 9 heteroatoms. The first-order valence-electron chi connectivity index (χ1n) is 7.97. The van der Waals surface area contributed by atoms with Gasteiger partial charge in [0.2, 0.25) is 0 Å². The summed E-state index contributed by atoms with van der Waals surface area (Å²) in [6.45, 7) is 0.682. The Kier molecular flexibility index (Phi) is 6.25. The molecule has 0 fully saturated rings. The van der Waals surface area contributed by atoms with E-state index in [9.17, 15) is 13.2 Å². The molecular formula is C18H17BrN2O3S3. The number of halogens is 1. The molecule has 0 radical (unpaired) electrons. The zero-order valence-corrected chi connectivity index (χ0v) is 18.7. The molecule has 0 N–H and O–H groups in total. The third-order valence-electron chi connectivity index (χ3n) is 3.90. The SMILES string of the molecule is CSCCn1c(=NC(=O)c2ccccc2Br)sc2cc(S(C)(=O)=O)ccc21. The highest BCUT2D eigenvalue weighted by atomic mass is 79.9. The highest BCUT2D eigenvalue weighted by Crippen LogP contribution is 2.23. The van der Waals surface area contributed by atoms with E-state index in [0.29, 0.717) is 21.4 Å². The first-order valence-corrected chi connectivity index (χ1v) is 12.9. The number of thioether (sulfide) groups is 1. The molecule has 0 unspecified atom stereocenters. The smallest absolute Gasteiger partial charge is 0.280 e. The number of rotatable bonds is 5. The van der Waals surface area contributed by atoms with Gasteiger partial charge in [-0.05, 0) is 52.5 Å². The van der Waals surface area contributed by atoms with Crippen molar-refractivity contribution in [3.05, 3.63) is 57.3 Å². The van der Waals surface area contributed by atoms with Crippen molar-refractivity contribution in [2.45, 2.75) is 11.4 Å². The fourth-order valence-corrected chi connectivity index (χ4v) is 5.18. The van der Waals surface area contributed by atoms with Crippen LogP contribution in [0.15, 0.2) is 56.8 Å². The molecule has 0 spiro atoms. The van der Waals surface area contributed by atoms with Crippen molar-refractivity contribution in [2.24, 2.45) is 4.99 Å². The van der Waals surface area contributed by atoms with Gasteiger partial charge < -0.3 is 4.57 Å². The van der Waals surface area contributed by atoms with Crippen LogP contribution in [0.2, 0.25) is 0 Å². The number of nitrogens with zero attached hydrogens (tertiary/aromatic N) is 2. The third-order valence-corrected chi connectivity index (χ3v) is 7.34. The molecule has 1 amide bonds. The Balaban J connectivity index is 2.18. The highest BCUT2D eigenvalue weighted by Gasteiger charge is 2.14. The van der Waals surface area contributed by atoms with Crippen LogP contribution in [0.3, 0.4) is 0 Å². The maximum Gasteiger partial charge on any atom is 0.280 e. The average molecular weight is 485 g/mol. The number of fused-ring (bicyclic) bond motifs is 1. The van der Waals surface area contributed by atoms with Gasteiger partial charge in [0.25, 0.3) is 5.91 Å². The zero-order valence-electron chi connectivity index (χ0n) is 14.7. The minimum Gasteiger partial charge on any atom is -0.316 e. The molecule has 1 aromatic heterocycles. The van der Waals surface area contributed by atoms with E-state index in [4.69, 9.17) is 0 Å². The molecule has 0 aliphatic heterocycles. The Morgan fingerprint density at radius 1 is 1.26 bits per heavy atom. The lowest BCUT2D eigenvalue weighted by Gasteiger charge is -2.05. The van der Waals surface area contributed by atoms with E-state index in [0.717, 1.165) is 16.0 Å². The predicted molar refractivity (Wildman–Crippen MR) is 115 cm³/mol. The number of aromatic nitrogens is 1. The van der Waals surface area contributed by atoms with E-state index >= 15 is 0 Å².